The summed E-state index contributed by atoms with van der Waals surface area (Å²) in [6, 6.07) is 6.08. The van der Waals surface area contributed by atoms with E-state index in [1.165, 1.54) is 19.1 Å². The molecule has 0 heterocycles. The van der Waals surface area contributed by atoms with Crippen molar-refractivity contribution < 1.29 is 14.7 Å². The van der Waals surface area contributed by atoms with Crippen molar-refractivity contribution in [2.24, 2.45) is 0 Å². The number of nitrogens with one attached hydrogen (secondary N) is 1. The summed E-state index contributed by atoms with van der Waals surface area (Å²) in [7, 11) is 0. The molecule has 0 fully saturated rings. The maximum absolute atomic E-state index is 10.6. The van der Waals surface area contributed by atoms with Gasteiger partial charge in [-0.3, -0.25) is 4.79 Å². The summed E-state index contributed by atoms with van der Waals surface area (Å²) in [5.74, 6) is -1.23. The van der Waals surface area contributed by atoms with Gasteiger partial charge < -0.3 is 10.4 Å². The number of carbonyl (C=O) groups is 2. The van der Waals surface area contributed by atoms with Crippen molar-refractivity contribution >= 4 is 47.1 Å². The van der Waals surface area contributed by atoms with E-state index in [0.717, 1.165) is 0 Å². The van der Waals surface area contributed by atoms with Crippen molar-refractivity contribution in [3.05, 3.63) is 29.8 Å². The van der Waals surface area contributed by atoms with Crippen molar-refractivity contribution in [3.8, 4) is 0 Å². The summed E-state index contributed by atoms with van der Waals surface area (Å²) >= 11 is 0. The van der Waals surface area contributed by atoms with Crippen LogP contribution in [0.1, 0.15) is 17.3 Å². The predicted octanol–water partition coefficient (Wildman–Crippen LogP) is 0.695. The van der Waals surface area contributed by atoms with Crippen LogP contribution < -0.4 is 5.32 Å². The summed E-state index contributed by atoms with van der Waals surface area (Å²) in [6.07, 6.45) is 0. The second kappa shape index (κ2) is 5.80. The van der Waals surface area contributed by atoms with Gasteiger partial charge in [-0.15, -0.1) is 0 Å². The molecule has 0 unspecified atom stereocenters. The zero-order valence-corrected chi connectivity index (χ0v) is 7.07. The van der Waals surface area contributed by atoms with Gasteiger partial charge in [0.05, 0.1) is 5.56 Å². The maximum atomic E-state index is 10.6. The number of aromatic carboxylic acids is 1. The molecule has 0 atom stereocenters. The third kappa shape index (κ3) is 3.91. The third-order valence-electron chi connectivity index (χ3n) is 1.43. The SMILES string of the molecule is CC(=O)Nc1cccc(C(=O)O)c1.[NaH]. The number of benzene rings is 1. The Morgan fingerprint density at radius 1 is 1.36 bits per heavy atom. The second-order valence-corrected chi connectivity index (χ2v) is 2.57. The van der Waals surface area contributed by atoms with Gasteiger partial charge in [0.15, 0.2) is 0 Å². The van der Waals surface area contributed by atoms with Gasteiger partial charge >= 0.3 is 35.5 Å². The van der Waals surface area contributed by atoms with Crippen molar-refractivity contribution in [2.75, 3.05) is 5.32 Å². The molecule has 70 valence electrons. The summed E-state index contributed by atoms with van der Waals surface area (Å²) in [4.78, 5) is 21.2. The monoisotopic (exact) mass is 203 g/mol. The van der Waals surface area contributed by atoms with E-state index in [2.05, 4.69) is 5.32 Å². The Bertz CT molecular complexity index is 352. The Morgan fingerprint density at radius 2 is 2.00 bits per heavy atom. The molecular formula is C9H10NNaO3. The molecule has 1 aromatic rings. The fourth-order valence-electron chi connectivity index (χ4n) is 0.933. The molecule has 0 bridgehead atoms. The molecule has 0 spiro atoms. The standard InChI is InChI=1S/C9H9NO3.Na.H/c1-6(11)10-8-4-2-3-7(5-8)9(12)13;;/h2-5H,1H3,(H,10,11)(H,12,13);;. The average Bonchev–Trinajstić information content (AvgIpc) is 2.03. The first-order valence-corrected chi connectivity index (χ1v) is 3.70. The number of amides is 1. The van der Waals surface area contributed by atoms with E-state index in [1.54, 1.807) is 12.1 Å². The first kappa shape index (κ1) is 13.2. The molecule has 0 aliphatic carbocycles. The van der Waals surface area contributed by atoms with Gasteiger partial charge in [-0.1, -0.05) is 6.07 Å². The molecule has 4 nitrogen and oxygen atoms in total. The number of hydrogen-bond donors (Lipinski definition) is 2. The van der Waals surface area contributed by atoms with Gasteiger partial charge in [0.1, 0.15) is 0 Å². The molecular weight excluding hydrogens is 193 g/mol. The molecule has 0 aromatic heterocycles. The fraction of sp³-hybridized carbons (Fsp3) is 0.111. The quantitative estimate of drug-likeness (QED) is 0.695. The van der Waals surface area contributed by atoms with Crippen LogP contribution in [0.2, 0.25) is 0 Å². The fourth-order valence-corrected chi connectivity index (χ4v) is 0.933. The Balaban J connectivity index is 0.00000169. The Hall–Kier alpha value is -0.840. The molecule has 0 saturated carbocycles. The van der Waals surface area contributed by atoms with Crippen LogP contribution in [0.5, 0.6) is 0 Å². The molecule has 1 rings (SSSR count). The molecule has 5 heteroatoms. The van der Waals surface area contributed by atoms with Crippen molar-refractivity contribution in [3.63, 3.8) is 0 Å². The Kier molecular flexibility index (Phi) is 5.45. The van der Waals surface area contributed by atoms with Gasteiger partial charge in [0.25, 0.3) is 0 Å². The van der Waals surface area contributed by atoms with Gasteiger partial charge in [-0.2, -0.15) is 0 Å². The zero-order valence-electron chi connectivity index (χ0n) is 7.07. The van der Waals surface area contributed by atoms with Crippen LogP contribution in [0.3, 0.4) is 0 Å². The van der Waals surface area contributed by atoms with Crippen LogP contribution in [0.15, 0.2) is 24.3 Å². The molecule has 1 aromatic carbocycles. The van der Waals surface area contributed by atoms with Crippen LogP contribution in [0.25, 0.3) is 0 Å². The molecule has 0 aliphatic heterocycles. The van der Waals surface area contributed by atoms with E-state index in [1.807, 2.05) is 0 Å². The predicted molar refractivity (Wildman–Crippen MR) is 54.9 cm³/mol. The molecule has 0 saturated heterocycles. The normalized spacial score (nSPS) is 8.64. The number of rotatable bonds is 2. The van der Waals surface area contributed by atoms with Crippen LogP contribution >= 0.6 is 0 Å². The van der Waals surface area contributed by atoms with Crippen molar-refractivity contribution in [2.45, 2.75) is 6.92 Å². The first-order valence-electron chi connectivity index (χ1n) is 3.70. The van der Waals surface area contributed by atoms with Gasteiger partial charge in [-0.05, 0) is 18.2 Å². The minimum atomic E-state index is -1.01. The van der Waals surface area contributed by atoms with E-state index in [9.17, 15) is 9.59 Å². The number of carbonyl (C=O) groups excluding carboxylic acids is 1. The van der Waals surface area contributed by atoms with E-state index in [-0.39, 0.29) is 41.0 Å². The van der Waals surface area contributed by atoms with Gasteiger partial charge in [-0.25, -0.2) is 4.79 Å². The molecule has 0 aliphatic rings. The number of anilines is 1. The van der Waals surface area contributed by atoms with Crippen molar-refractivity contribution in [1.29, 1.82) is 0 Å². The molecule has 2 N–H and O–H groups in total. The van der Waals surface area contributed by atoms with E-state index < -0.39 is 5.97 Å². The number of carboxylic acids is 1. The van der Waals surface area contributed by atoms with Crippen molar-refractivity contribution in [1.82, 2.24) is 0 Å². The van der Waals surface area contributed by atoms with E-state index in [4.69, 9.17) is 5.11 Å². The number of hydrogen-bond acceptors (Lipinski definition) is 2. The summed E-state index contributed by atoms with van der Waals surface area (Å²) < 4.78 is 0. The molecule has 0 radical (unpaired) electrons. The summed E-state index contributed by atoms with van der Waals surface area (Å²) in [5, 5.41) is 11.1. The molecule has 1 amide bonds. The Morgan fingerprint density at radius 3 is 2.50 bits per heavy atom. The van der Waals surface area contributed by atoms with Gasteiger partial charge in [0, 0.05) is 12.6 Å². The average molecular weight is 203 g/mol. The van der Waals surface area contributed by atoms with E-state index in [0.29, 0.717) is 5.69 Å². The van der Waals surface area contributed by atoms with Crippen LogP contribution in [0.4, 0.5) is 5.69 Å². The minimum absolute atomic E-state index is 0. The Labute approximate surface area is 104 Å². The van der Waals surface area contributed by atoms with Crippen LogP contribution in [0, 0.1) is 0 Å². The second-order valence-electron chi connectivity index (χ2n) is 2.57. The van der Waals surface area contributed by atoms with Crippen LogP contribution in [-0.2, 0) is 4.79 Å². The summed E-state index contributed by atoms with van der Waals surface area (Å²) in [5.41, 5.74) is 0.652. The summed E-state index contributed by atoms with van der Waals surface area (Å²) in [6.45, 7) is 1.37. The first-order chi connectivity index (χ1) is 6.09. The van der Waals surface area contributed by atoms with Gasteiger partial charge in [0.2, 0.25) is 5.91 Å². The molecule has 14 heavy (non-hydrogen) atoms. The van der Waals surface area contributed by atoms with E-state index >= 15 is 0 Å². The zero-order chi connectivity index (χ0) is 9.84. The number of carboxylic acid groups (broad SMARTS) is 1. The third-order valence-corrected chi connectivity index (χ3v) is 1.43. The van der Waals surface area contributed by atoms with Crippen LogP contribution in [-0.4, -0.2) is 46.5 Å². The topological polar surface area (TPSA) is 66.4 Å².